The van der Waals surface area contributed by atoms with Crippen molar-refractivity contribution in [1.29, 1.82) is 0 Å². The van der Waals surface area contributed by atoms with Crippen LogP contribution in [0.1, 0.15) is 11.3 Å². The van der Waals surface area contributed by atoms with Gasteiger partial charge in [-0.05, 0) is 6.92 Å². The standard InChI is InChI=1S/C7H11N3O3/c1-4-5(2-3-11)10(8)7(13)9-6(4)12/h11H,2-3,8H2,1H3,(H,9,12,13). The monoisotopic (exact) mass is 185 g/mol. The number of aromatic nitrogens is 2. The Kier molecular flexibility index (Phi) is 2.52. The molecule has 4 N–H and O–H groups in total. The SMILES string of the molecule is Cc1c(CCO)n(N)c(=O)[nH]c1=O. The highest BCUT2D eigenvalue weighted by atomic mass is 16.3. The van der Waals surface area contributed by atoms with Gasteiger partial charge >= 0.3 is 5.69 Å². The van der Waals surface area contributed by atoms with Gasteiger partial charge in [0.1, 0.15) is 0 Å². The summed E-state index contributed by atoms with van der Waals surface area (Å²) in [7, 11) is 0. The Morgan fingerprint density at radius 2 is 2.15 bits per heavy atom. The van der Waals surface area contributed by atoms with Crippen LogP contribution in [0.25, 0.3) is 0 Å². The molecule has 0 saturated carbocycles. The molecular formula is C7H11N3O3. The molecule has 0 fully saturated rings. The number of nitrogens with zero attached hydrogens (tertiary/aromatic N) is 1. The third kappa shape index (κ3) is 1.62. The number of H-pyrrole nitrogens is 1. The van der Waals surface area contributed by atoms with Gasteiger partial charge in [0.2, 0.25) is 0 Å². The molecule has 0 aliphatic carbocycles. The fourth-order valence-electron chi connectivity index (χ4n) is 1.10. The van der Waals surface area contributed by atoms with E-state index in [-0.39, 0.29) is 13.0 Å². The molecule has 0 unspecified atom stereocenters. The summed E-state index contributed by atoms with van der Waals surface area (Å²) in [4.78, 5) is 24.1. The second-order valence-corrected chi connectivity index (χ2v) is 2.67. The van der Waals surface area contributed by atoms with Crippen molar-refractivity contribution in [1.82, 2.24) is 9.66 Å². The second-order valence-electron chi connectivity index (χ2n) is 2.67. The van der Waals surface area contributed by atoms with E-state index in [2.05, 4.69) is 4.98 Å². The van der Waals surface area contributed by atoms with Gasteiger partial charge in [0.05, 0.1) is 5.69 Å². The van der Waals surface area contributed by atoms with E-state index in [4.69, 9.17) is 10.9 Å². The van der Waals surface area contributed by atoms with Crippen LogP contribution >= 0.6 is 0 Å². The minimum Gasteiger partial charge on any atom is -0.396 e. The summed E-state index contributed by atoms with van der Waals surface area (Å²) < 4.78 is 0.840. The summed E-state index contributed by atoms with van der Waals surface area (Å²) in [6.45, 7) is 1.40. The number of hydrogen-bond donors (Lipinski definition) is 3. The largest absolute Gasteiger partial charge is 0.396 e. The molecule has 13 heavy (non-hydrogen) atoms. The molecule has 1 heterocycles. The molecule has 1 aromatic heterocycles. The molecule has 0 atom stereocenters. The summed E-state index contributed by atoms with van der Waals surface area (Å²) in [5, 5.41) is 8.67. The fraction of sp³-hybridized carbons (Fsp3) is 0.429. The average molecular weight is 185 g/mol. The summed E-state index contributed by atoms with van der Waals surface area (Å²) in [6, 6.07) is 0. The van der Waals surface area contributed by atoms with Crippen LogP contribution in [-0.4, -0.2) is 21.4 Å². The van der Waals surface area contributed by atoms with E-state index >= 15 is 0 Å². The smallest absolute Gasteiger partial charge is 0.346 e. The number of aliphatic hydroxyl groups excluding tert-OH is 1. The zero-order valence-electron chi connectivity index (χ0n) is 7.20. The van der Waals surface area contributed by atoms with E-state index in [1.165, 1.54) is 0 Å². The number of nitrogens with two attached hydrogens (primary N) is 1. The minimum absolute atomic E-state index is 0.152. The third-order valence-electron chi connectivity index (χ3n) is 1.85. The quantitative estimate of drug-likeness (QED) is 0.468. The first-order chi connectivity index (χ1) is 6.07. The number of nitrogen functional groups attached to an aromatic ring is 1. The highest BCUT2D eigenvalue weighted by Gasteiger charge is 2.07. The lowest BCUT2D eigenvalue weighted by Gasteiger charge is -2.07. The van der Waals surface area contributed by atoms with E-state index in [1.54, 1.807) is 6.92 Å². The van der Waals surface area contributed by atoms with Crippen LogP contribution in [0.5, 0.6) is 0 Å². The van der Waals surface area contributed by atoms with Crippen molar-refractivity contribution in [2.24, 2.45) is 0 Å². The Bertz CT molecular complexity index is 384. The van der Waals surface area contributed by atoms with Crippen molar-refractivity contribution in [3.05, 3.63) is 32.1 Å². The summed E-state index contributed by atoms with van der Waals surface area (Å²) in [5.41, 5.74) is -0.415. The first-order valence-electron chi connectivity index (χ1n) is 3.78. The molecule has 0 spiro atoms. The molecule has 6 nitrogen and oxygen atoms in total. The van der Waals surface area contributed by atoms with Crippen molar-refractivity contribution in [2.75, 3.05) is 12.4 Å². The van der Waals surface area contributed by atoms with Gasteiger partial charge in [0.25, 0.3) is 5.56 Å². The second kappa shape index (κ2) is 3.44. The number of rotatable bonds is 2. The Balaban J connectivity index is 3.46. The Morgan fingerprint density at radius 3 is 2.69 bits per heavy atom. The van der Waals surface area contributed by atoms with E-state index in [1.807, 2.05) is 0 Å². The molecule has 0 aliphatic heterocycles. The molecule has 0 aliphatic rings. The summed E-state index contributed by atoms with van der Waals surface area (Å²) in [6.07, 6.45) is 0.196. The fourth-order valence-corrected chi connectivity index (χ4v) is 1.10. The number of nitrogens with one attached hydrogen (secondary N) is 1. The van der Waals surface area contributed by atoms with Crippen LogP contribution in [0.2, 0.25) is 0 Å². The highest BCUT2D eigenvalue weighted by Crippen LogP contribution is 1.96. The molecule has 0 saturated heterocycles. The lowest BCUT2D eigenvalue weighted by atomic mass is 10.2. The van der Waals surface area contributed by atoms with Crippen molar-refractivity contribution in [3.63, 3.8) is 0 Å². The number of hydrogen-bond acceptors (Lipinski definition) is 4. The summed E-state index contributed by atoms with van der Waals surface area (Å²) >= 11 is 0. The molecule has 0 bridgehead atoms. The van der Waals surface area contributed by atoms with E-state index in [9.17, 15) is 9.59 Å². The average Bonchev–Trinajstić information content (AvgIpc) is 2.09. The molecule has 1 aromatic rings. The van der Waals surface area contributed by atoms with Crippen molar-refractivity contribution in [3.8, 4) is 0 Å². The van der Waals surface area contributed by atoms with Crippen LogP contribution in [0.15, 0.2) is 9.59 Å². The number of aromatic amines is 1. The molecule has 6 heteroatoms. The normalized spacial score (nSPS) is 10.3. The first kappa shape index (κ1) is 9.53. The maximum Gasteiger partial charge on any atom is 0.346 e. The topological polar surface area (TPSA) is 101 Å². The highest BCUT2D eigenvalue weighted by molar-refractivity contribution is 5.15. The van der Waals surface area contributed by atoms with Crippen molar-refractivity contribution >= 4 is 0 Å². The third-order valence-corrected chi connectivity index (χ3v) is 1.85. The molecule has 1 rings (SSSR count). The zero-order chi connectivity index (χ0) is 10.0. The van der Waals surface area contributed by atoms with Gasteiger partial charge in [-0.3, -0.25) is 9.78 Å². The Labute approximate surface area is 73.6 Å². The molecule has 0 radical (unpaired) electrons. The minimum atomic E-state index is -0.668. The first-order valence-corrected chi connectivity index (χ1v) is 3.78. The Hall–Kier alpha value is -1.56. The van der Waals surface area contributed by atoms with Gasteiger partial charge in [-0.25, -0.2) is 9.47 Å². The van der Waals surface area contributed by atoms with Gasteiger partial charge in [0, 0.05) is 18.6 Å². The van der Waals surface area contributed by atoms with Gasteiger partial charge in [-0.15, -0.1) is 0 Å². The predicted molar refractivity (Wildman–Crippen MR) is 47.0 cm³/mol. The van der Waals surface area contributed by atoms with Crippen LogP contribution in [0.4, 0.5) is 0 Å². The molecule has 72 valence electrons. The van der Waals surface area contributed by atoms with Gasteiger partial charge in [0.15, 0.2) is 0 Å². The van der Waals surface area contributed by atoms with Gasteiger partial charge in [-0.2, -0.15) is 0 Å². The predicted octanol–water partition coefficient (Wildman–Crippen LogP) is -1.91. The number of aliphatic hydroxyl groups is 1. The maximum absolute atomic E-state index is 11.1. The van der Waals surface area contributed by atoms with Crippen LogP contribution in [-0.2, 0) is 6.42 Å². The lowest BCUT2D eigenvalue weighted by molar-refractivity contribution is 0.296. The van der Waals surface area contributed by atoms with Crippen LogP contribution < -0.4 is 17.1 Å². The van der Waals surface area contributed by atoms with E-state index < -0.39 is 11.2 Å². The molecule has 0 amide bonds. The van der Waals surface area contributed by atoms with Crippen LogP contribution in [0.3, 0.4) is 0 Å². The van der Waals surface area contributed by atoms with Gasteiger partial charge < -0.3 is 10.9 Å². The maximum atomic E-state index is 11.1. The van der Waals surface area contributed by atoms with Crippen molar-refractivity contribution < 1.29 is 5.11 Å². The van der Waals surface area contributed by atoms with E-state index in [0.717, 1.165) is 4.68 Å². The van der Waals surface area contributed by atoms with Crippen molar-refractivity contribution in [2.45, 2.75) is 13.3 Å². The zero-order valence-corrected chi connectivity index (χ0v) is 7.20. The summed E-state index contributed by atoms with van der Waals surface area (Å²) in [5.74, 6) is 5.36. The molecular weight excluding hydrogens is 174 g/mol. The van der Waals surface area contributed by atoms with Crippen LogP contribution in [0, 0.1) is 6.92 Å². The van der Waals surface area contributed by atoms with E-state index in [0.29, 0.717) is 11.3 Å². The molecule has 0 aromatic carbocycles. The lowest BCUT2D eigenvalue weighted by Crippen LogP contribution is -2.39. The van der Waals surface area contributed by atoms with Gasteiger partial charge in [-0.1, -0.05) is 0 Å². The Morgan fingerprint density at radius 1 is 1.54 bits per heavy atom.